The van der Waals surface area contributed by atoms with Crippen LogP contribution < -0.4 is 9.47 Å². The first-order chi connectivity index (χ1) is 10.5. The van der Waals surface area contributed by atoms with Crippen LogP contribution >= 0.6 is 23.2 Å². The highest BCUT2D eigenvalue weighted by atomic mass is 35.5. The minimum absolute atomic E-state index is 0.190. The van der Waals surface area contributed by atoms with Crippen molar-refractivity contribution in [1.82, 2.24) is 0 Å². The van der Waals surface area contributed by atoms with E-state index < -0.39 is 12.1 Å². The van der Waals surface area contributed by atoms with Crippen molar-refractivity contribution in [1.29, 1.82) is 0 Å². The standard InChI is InChI=1S/C16H14Cl2O4/c1-21-11-3-5-12(6-4-11)22-15(9-16(19)20)10-2-7-13(17)14(18)8-10/h2-8,15H,9H2,1H3,(H,19,20). The molecule has 0 bridgehead atoms. The van der Waals surface area contributed by atoms with Gasteiger partial charge >= 0.3 is 5.97 Å². The maximum atomic E-state index is 11.1. The molecule has 2 aromatic carbocycles. The molecule has 0 radical (unpaired) electrons. The third-order valence-corrected chi connectivity index (χ3v) is 3.75. The minimum Gasteiger partial charge on any atom is -0.497 e. The van der Waals surface area contributed by atoms with E-state index in [0.29, 0.717) is 27.1 Å². The molecule has 1 N–H and O–H groups in total. The molecule has 0 saturated carbocycles. The number of carbonyl (C=O) groups is 1. The van der Waals surface area contributed by atoms with Gasteiger partial charge < -0.3 is 14.6 Å². The molecule has 1 unspecified atom stereocenters. The molecular weight excluding hydrogens is 327 g/mol. The predicted molar refractivity (Wildman–Crippen MR) is 85.1 cm³/mol. The van der Waals surface area contributed by atoms with Gasteiger partial charge in [0.25, 0.3) is 0 Å². The third kappa shape index (κ3) is 4.29. The summed E-state index contributed by atoms with van der Waals surface area (Å²) in [5, 5.41) is 9.83. The van der Waals surface area contributed by atoms with Crippen molar-refractivity contribution in [3.63, 3.8) is 0 Å². The third-order valence-electron chi connectivity index (χ3n) is 3.01. The summed E-state index contributed by atoms with van der Waals surface area (Å²) < 4.78 is 10.8. The van der Waals surface area contributed by atoms with Crippen molar-refractivity contribution >= 4 is 29.2 Å². The molecule has 0 spiro atoms. The monoisotopic (exact) mass is 340 g/mol. The van der Waals surface area contributed by atoms with Gasteiger partial charge in [0, 0.05) is 0 Å². The average Bonchev–Trinajstić information content (AvgIpc) is 2.49. The molecule has 6 heteroatoms. The summed E-state index contributed by atoms with van der Waals surface area (Å²) in [6.07, 6.45) is -0.857. The van der Waals surface area contributed by atoms with Gasteiger partial charge in [-0.3, -0.25) is 4.79 Å². The first kappa shape index (κ1) is 16.5. The first-order valence-electron chi connectivity index (χ1n) is 6.47. The van der Waals surface area contributed by atoms with E-state index in [9.17, 15) is 4.79 Å². The van der Waals surface area contributed by atoms with Gasteiger partial charge in [0.05, 0.1) is 23.6 Å². The molecule has 0 aliphatic heterocycles. The Kier molecular flexibility index (Phi) is 5.52. The van der Waals surface area contributed by atoms with Crippen LogP contribution in [0.15, 0.2) is 42.5 Å². The molecule has 0 fully saturated rings. The molecule has 0 saturated heterocycles. The van der Waals surface area contributed by atoms with Crippen LogP contribution in [0, 0.1) is 0 Å². The molecular formula is C16H14Cl2O4. The highest BCUT2D eigenvalue weighted by Gasteiger charge is 2.18. The zero-order chi connectivity index (χ0) is 16.1. The number of hydrogen-bond donors (Lipinski definition) is 1. The second-order valence-corrected chi connectivity index (χ2v) is 5.37. The van der Waals surface area contributed by atoms with Gasteiger partial charge in [-0.05, 0) is 42.0 Å². The summed E-state index contributed by atoms with van der Waals surface area (Å²) in [5.41, 5.74) is 0.646. The molecule has 1 atom stereocenters. The van der Waals surface area contributed by atoms with Crippen LogP contribution in [0.1, 0.15) is 18.1 Å². The first-order valence-corrected chi connectivity index (χ1v) is 7.22. The van der Waals surface area contributed by atoms with E-state index in [1.807, 2.05) is 0 Å². The second kappa shape index (κ2) is 7.38. The van der Waals surface area contributed by atoms with Crippen LogP contribution in [0.3, 0.4) is 0 Å². The summed E-state index contributed by atoms with van der Waals surface area (Å²) in [5.74, 6) is 0.263. The number of methoxy groups -OCH3 is 1. The predicted octanol–water partition coefficient (Wildman–Crippen LogP) is 4.60. The summed E-state index contributed by atoms with van der Waals surface area (Å²) >= 11 is 11.9. The van der Waals surface area contributed by atoms with Crippen LogP contribution in [0.2, 0.25) is 10.0 Å². The van der Waals surface area contributed by atoms with E-state index in [-0.39, 0.29) is 6.42 Å². The lowest BCUT2D eigenvalue weighted by atomic mass is 10.1. The van der Waals surface area contributed by atoms with Crippen LogP contribution in [-0.4, -0.2) is 18.2 Å². The fourth-order valence-corrected chi connectivity index (χ4v) is 2.22. The van der Waals surface area contributed by atoms with Gasteiger partial charge in [0.15, 0.2) is 0 Å². The van der Waals surface area contributed by atoms with Crippen LogP contribution in [0.25, 0.3) is 0 Å². The van der Waals surface area contributed by atoms with E-state index in [0.717, 1.165) is 0 Å². The number of benzene rings is 2. The van der Waals surface area contributed by atoms with Gasteiger partial charge in [0.1, 0.15) is 17.6 Å². The number of ether oxygens (including phenoxy) is 2. The zero-order valence-electron chi connectivity index (χ0n) is 11.8. The molecule has 0 heterocycles. The maximum Gasteiger partial charge on any atom is 0.307 e. The lowest BCUT2D eigenvalue weighted by Crippen LogP contribution is -2.13. The Morgan fingerprint density at radius 1 is 1.09 bits per heavy atom. The smallest absolute Gasteiger partial charge is 0.307 e. The molecule has 4 nitrogen and oxygen atoms in total. The van der Waals surface area contributed by atoms with Crippen molar-refractivity contribution in [2.24, 2.45) is 0 Å². The van der Waals surface area contributed by atoms with Gasteiger partial charge in [-0.2, -0.15) is 0 Å². The van der Waals surface area contributed by atoms with Crippen LogP contribution in [-0.2, 0) is 4.79 Å². The highest BCUT2D eigenvalue weighted by molar-refractivity contribution is 6.42. The Labute approximate surface area is 138 Å². The molecule has 0 aromatic heterocycles. The number of aliphatic carboxylic acids is 1. The van der Waals surface area contributed by atoms with Crippen molar-refractivity contribution in [3.8, 4) is 11.5 Å². The van der Waals surface area contributed by atoms with Gasteiger partial charge in [0.2, 0.25) is 0 Å². The fourth-order valence-electron chi connectivity index (χ4n) is 1.92. The Balaban J connectivity index is 2.24. The van der Waals surface area contributed by atoms with Crippen molar-refractivity contribution in [2.45, 2.75) is 12.5 Å². The number of halogens is 2. The number of carboxylic acid groups (broad SMARTS) is 1. The van der Waals surface area contributed by atoms with Crippen LogP contribution in [0.4, 0.5) is 0 Å². The van der Waals surface area contributed by atoms with Crippen LogP contribution in [0.5, 0.6) is 11.5 Å². The molecule has 0 amide bonds. The lowest BCUT2D eigenvalue weighted by molar-refractivity contribution is -0.138. The van der Waals surface area contributed by atoms with E-state index in [1.165, 1.54) is 0 Å². The Bertz CT molecular complexity index is 656. The molecule has 2 rings (SSSR count). The highest BCUT2D eigenvalue weighted by Crippen LogP contribution is 2.30. The number of rotatable bonds is 6. The Morgan fingerprint density at radius 3 is 2.27 bits per heavy atom. The number of hydrogen-bond acceptors (Lipinski definition) is 3. The van der Waals surface area contributed by atoms with Gasteiger partial charge in [-0.1, -0.05) is 29.3 Å². The summed E-state index contributed by atoms with van der Waals surface area (Å²) in [6.45, 7) is 0. The lowest BCUT2D eigenvalue weighted by Gasteiger charge is -2.18. The van der Waals surface area contributed by atoms with Crippen molar-refractivity contribution in [3.05, 3.63) is 58.1 Å². The van der Waals surface area contributed by atoms with E-state index in [4.69, 9.17) is 37.8 Å². The van der Waals surface area contributed by atoms with E-state index >= 15 is 0 Å². The topological polar surface area (TPSA) is 55.8 Å². The molecule has 116 valence electrons. The van der Waals surface area contributed by atoms with Gasteiger partial charge in [-0.15, -0.1) is 0 Å². The summed E-state index contributed by atoms with van der Waals surface area (Å²) in [4.78, 5) is 11.1. The minimum atomic E-state index is -0.968. The van der Waals surface area contributed by atoms with Crippen molar-refractivity contribution in [2.75, 3.05) is 7.11 Å². The zero-order valence-corrected chi connectivity index (χ0v) is 13.3. The molecule has 22 heavy (non-hydrogen) atoms. The maximum absolute atomic E-state index is 11.1. The van der Waals surface area contributed by atoms with E-state index in [1.54, 1.807) is 49.6 Å². The Morgan fingerprint density at radius 2 is 1.73 bits per heavy atom. The normalized spacial score (nSPS) is 11.8. The Hall–Kier alpha value is -1.91. The second-order valence-electron chi connectivity index (χ2n) is 4.55. The quantitative estimate of drug-likeness (QED) is 0.834. The summed E-state index contributed by atoms with van der Waals surface area (Å²) in [6, 6.07) is 11.8. The average molecular weight is 341 g/mol. The van der Waals surface area contributed by atoms with E-state index in [2.05, 4.69) is 0 Å². The SMILES string of the molecule is COc1ccc(OC(CC(=O)O)c2ccc(Cl)c(Cl)c2)cc1. The fraction of sp³-hybridized carbons (Fsp3) is 0.188. The largest absolute Gasteiger partial charge is 0.497 e. The number of carboxylic acids is 1. The summed E-state index contributed by atoms with van der Waals surface area (Å²) in [7, 11) is 1.57. The molecule has 2 aromatic rings. The molecule has 0 aliphatic carbocycles. The van der Waals surface area contributed by atoms with Crippen molar-refractivity contribution < 1.29 is 19.4 Å². The molecule has 0 aliphatic rings. The van der Waals surface area contributed by atoms with Gasteiger partial charge in [-0.25, -0.2) is 0 Å².